The zero-order valence-corrected chi connectivity index (χ0v) is 11.8. The van der Waals surface area contributed by atoms with E-state index in [9.17, 15) is 13.2 Å². The predicted octanol–water partition coefficient (Wildman–Crippen LogP) is 1.65. The quantitative estimate of drug-likeness (QED) is 0.740. The zero-order chi connectivity index (χ0) is 14.6. The Bertz CT molecular complexity index is 574. The lowest BCUT2D eigenvalue weighted by Crippen LogP contribution is -2.18. The summed E-state index contributed by atoms with van der Waals surface area (Å²) in [4.78, 5) is 10.4. The summed E-state index contributed by atoms with van der Waals surface area (Å²) in [5.41, 5.74) is 0.408. The van der Waals surface area contributed by atoms with Gasteiger partial charge in [-0.2, -0.15) is 0 Å². The van der Waals surface area contributed by atoms with Gasteiger partial charge in [-0.05, 0) is 31.5 Å². The molecule has 0 fully saturated rings. The highest BCUT2D eigenvalue weighted by molar-refractivity contribution is 7.89. The van der Waals surface area contributed by atoms with Gasteiger partial charge in [0.25, 0.3) is 0 Å². The molecule has 0 aromatic heterocycles. The molecule has 0 aliphatic rings. The van der Waals surface area contributed by atoms with Crippen LogP contribution in [0.3, 0.4) is 0 Å². The zero-order valence-electron chi connectivity index (χ0n) is 10.3. The first-order chi connectivity index (χ1) is 8.70. The van der Waals surface area contributed by atoms with Gasteiger partial charge in [-0.1, -0.05) is 11.6 Å². The molecule has 1 atom stereocenters. The lowest BCUT2D eigenvalue weighted by molar-refractivity contribution is -0.137. The Morgan fingerprint density at radius 2 is 2.16 bits per heavy atom. The predicted molar refractivity (Wildman–Crippen MR) is 72.8 cm³/mol. The molecule has 106 valence electrons. The molecule has 0 aliphatic heterocycles. The maximum atomic E-state index is 11.2. The van der Waals surface area contributed by atoms with Crippen molar-refractivity contribution < 1.29 is 18.3 Å². The van der Waals surface area contributed by atoms with Crippen LogP contribution in [0.1, 0.15) is 19.8 Å². The minimum atomic E-state index is -3.80. The second-order valence-electron chi connectivity index (χ2n) is 4.16. The number of benzene rings is 1. The molecular weight excluding hydrogens is 292 g/mol. The number of carboxylic acid groups (broad SMARTS) is 1. The fourth-order valence-corrected chi connectivity index (χ4v) is 2.18. The van der Waals surface area contributed by atoms with Crippen LogP contribution in [0, 0.1) is 0 Å². The maximum absolute atomic E-state index is 11.2. The number of nitrogens with one attached hydrogen (secondary N) is 1. The molecule has 1 aromatic rings. The van der Waals surface area contributed by atoms with Crippen molar-refractivity contribution in [2.75, 3.05) is 5.32 Å². The number of anilines is 1. The second kappa shape index (κ2) is 6.23. The van der Waals surface area contributed by atoms with Crippen molar-refractivity contribution in [2.45, 2.75) is 30.7 Å². The van der Waals surface area contributed by atoms with Crippen LogP contribution in [0.5, 0.6) is 0 Å². The average molecular weight is 307 g/mol. The molecule has 0 saturated carbocycles. The van der Waals surface area contributed by atoms with Crippen molar-refractivity contribution in [1.82, 2.24) is 0 Å². The number of hydrogen-bond acceptors (Lipinski definition) is 4. The Labute approximate surface area is 116 Å². The molecule has 1 unspecified atom stereocenters. The van der Waals surface area contributed by atoms with Crippen LogP contribution in [0.15, 0.2) is 23.1 Å². The molecule has 6 nitrogen and oxygen atoms in total. The third-order valence-electron chi connectivity index (χ3n) is 2.46. The molecule has 0 bridgehead atoms. The van der Waals surface area contributed by atoms with Crippen LogP contribution in [-0.4, -0.2) is 25.5 Å². The summed E-state index contributed by atoms with van der Waals surface area (Å²) in [5, 5.41) is 16.9. The Morgan fingerprint density at radius 3 is 2.68 bits per heavy atom. The van der Waals surface area contributed by atoms with Crippen molar-refractivity contribution in [2.24, 2.45) is 5.14 Å². The van der Waals surface area contributed by atoms with Crippen LogP contribution in [-0.2, 0) is 14.8 Å². The fraction of sp³-hybridized carbons (Fsp3) is 0.364. The molecule has 0 heterocycles. The number of carboxylic acids is 1. The van der Waals surface area contributed by atoms with E-state index in [0.29, 0.717) is 17.1 Å². The third kappa shape index (κ3) is 5.06. The van der Waals surface area contributed by atoms with E-state index in [2.05, 4.69) is 5.32 Å². The first-order valence-electron chi connectivity index (χ1n) is 5.51. The van der Waals surface area contributed by atoms with Crippen molar-refractivity contribution in [1.29, 1.82) is 0 Å². The molecular formula is C11H15ClN2O4S. The first kappa shape index (κ1) is 15.7. The summed E-state index contributed by atoms with van der Waals surface area (Å²) >= 11 is 5.94. The van der Waals surface area contributed by atoms with Gasteiger partial charge in [0.2, 0.25) is 10.0 Å². The molecule has 1 rings (SSSR count). The molecule has 0 aliphatic carbocycles. The lowest BCUT2D eigenvalue weighted by atomic mass is 10.1. The molecule has 0 radical (unpaired) electrons. The minimum absolute atomic E-state index is 0.0145. The van der Waals surface area contributed by atoms with Crippen LogP contribution < -0.4 is 10.5 Å². The van der Waals surface area contributed by atoms with Gasteiger partial charge >= 0.3 is 5.97 Å². The number of sulfonamides is 1. The Hall–Kier alpha value is -1.31. The second-order valence-corrected chi connectivity index (χ2v) is 6.13. The molecule has 8 heteroatoms. The van der Waals surface area contributed by atoms with E-state index in [-0.39, 0.29) is 17.4 Å². The fourth-order valence-electron chi connectivity index (χ4n) is 1.47. The van der Waals surface area contributed by atoms with Gasteiger partial charge in [0.15, 0.2) is 0 Å². The number of primary sulfonamides is 1. The molecule has 1 aromatic carbocycles. The molecule has 19 heavy (non-hydrogen) atoms. The van der Waals surface area contributed by atoms with Crippen LogP contribution in [0.2, 0.25) is 5.02 Å². The van der Waals surface area contributed by atoms with Gasteiger partial charge in [0.1, 0.15) is 0 Å². The van der Waals surface area contributed by atoms with Gasteiger partial charge in [-0.15, -0.1) is 0 Å². The highest BCUT2D eigenvalue weighted by Gasteiger charge is 2.12. The van der Waals surface area contributed by atoms with Crippen molar-refractivity contribution in [3.8, 4) is 0 Å². The van der Waals surface area contributed by atoms with Gasteiger partial charge in [-0.3, -0.25) is 4.79 Å². The molecule has 0 spiro atoms. The number of halogens is 1. The lowest BCUT2D eigenvalue weighted by Gasteiger charge is -2.16. The standard InChI is InChI=1S/C11H15ClN2O4S/c1-7(2-5-11(15)16)14-10-6-8(19(13,17)18)3-4-9(10)12/h3-4,6-7,14H,2,5H2,1H3,(H,15,16)(H2,13,17,18). The van der Waals surface area contributed by atoms with Crippen LogP contribution in [0.4, 0.5) is 5.69 Å². The van der Waals surface area contributed by atoms with Gasteiger partial charge < -0.3 is 10.4 Å². The number of hydrogen-bond donors (Lipinski definition) is 3. The average Bonchev–Trinajstić information content (AvgIpc) is 2.28. The van der Waals surface area contributed by atoms with E-state index in [0.717, 1.165) is 0 Å². The third-order valence-corrected chi connectivity index (χ3v) is 3.70. The molecule has 0 saturated heterocycles. The summed E-state index contributed by atoms with van der Waals surface area (Å²) in [7, 11) is -3.80. The normalized spacial score (nSPS) is 13.0. The first-order valence-corrected chi connectivity index (χ1v) is 7.43. The summed E-state index contributed by atoms with van der Waals surface area (Å²) in [6, 6.07) is 3.90. The molecule has 4 N–H and O–H groups in total. The molecule has 0 amide bonds. The summed E-state index contributed by atoms with van der Waals surface area (Å²) in [5.74, 6) is -0.891. The van der Waals surface area contributed by atoms with Gasteiger partial charge in [0, 0.05) is 12.5 Å². The number of rotatable bonds is 6. The van der Waals surface area contributed by atoms with E-state index in [1.807, 2.05) is 0 Å². The smallest absolute Gasteiger partial charge is 0.303 e. The van der Waals surface area contributed by atoms with Crippen molar-refractivity contribution in [3.05, 3.63) is 23.2 Å². The summed E-state index contributed by atoms with van der Waals surface area (Å²) < 4.78 is 22.5. The largest absolute Gasteiger partial charge is 0.481 e. The van der Waals surface area contributed by atoms with E-state index in [4.69, 9.17) is 21.8 Å². The van der Waals surface area contributed by atoms with E-state index in [1.54, 1.807) is 6.92 Å². The van der Waals surface area contributed by atoms with E-state index in [1.165, 1.54) is 18.2 Å². The Morgan fingerprint density at radius 1 is 1.53 bits per heavy atom. The van der Waals surface area contributed by atoms with Crippen molar-refractivity contribution in [3.63, 3.8) is 0 Å². The number of carbonyl (C=O) groups is 1. The Balaban J connectivity index is 2.86. The van der Waals surface area contributed by atoms with Crippen LogP contribution in [0.25, 0.3) is 0 Å². The van der Waals surface area contributed by atoms with Gasteiger partial charge in [-0.25, -0.2) is 13.6 Å². The van der Waals surface area contributed by atoms with Crippen molar-refractivity contribution >= 4 is 33.3 Å². The SMILES string of the molecule is CC(CCC(=O)O)Nc1cc(S(N)(=O)=O)ccc1Cl. The van der Waals surface area contributed by atoms with Gasteiger partial charge in [0.05, 0.1) is 15.6 Å². The number of nitrogens with two attached hydrogens (primary N) is 1. The Kier molecular flexibility index (Phi) is 5.16. The highest BCUT2D eigenvalue weighted by Crippen LogP contribution is 2.25. The summed E-state index contributed by atoms with van der Waals surface area (Å²) in [6.45, 7) is 1.78. The van der Waals surface area contributed by atoms with E-state index >= 15 is 0 Å². The van der Waals surface area contributed by atoms with E-state index < -0.39 is 16.0 Å². The highest BCUT2D eigenvalue weighted by atomic mass is 35.5. The topological polar surface area (TPSA) is 109 Å². The summed E-state index contributed by atoms with van der Waals surface area (Å²) in [6.07, 6.45) is 0.409. The minimum Gasteiger partial charge on any atom is -0.481 e. The maximum Gasteiger partial charge on any atom is 0.303 e. The number of aliphatic carboxylic acids is 1. The van der Waals surface area contributed by atoms with Crippen LogP contribution >= 0.6 is 11.6 Å². The monoisotopic (exact) mass is 306 g/mol.